The van der Waals surface area contributed by atoms with E-state index < -0.39 is 0 Å². The summed E-state index contributed by atoms with van der Waals surface area (Å²) in [6.45, 7) is 2.69. The number of likely N-dealkylation sites (tertiary alicyclic amines) is 1. The van der Waals surface area contributed by atoms with Crippen molar-refractivity contribution in [1.82, 2.24) is 20.0 Å². The third-order valence-corrected chi connectivity index (χ3v) is 5.46. The zero-order valence-corrected chi connectivity index (χ0v) is 17.4. The van der Waals surface area contributed by atoms with E-state index in [2.05, 4.69) is 20.0 Å². The van der Waals surface area contributed by atoms with Crippen molar-refractivity contribution in [3.63, 3.8) is 0 Å². The fourth-order valence-electron chi connectivity index (χ4n) is 3.89. The van der Waals surface area contributed by atoms with Crippen LogP contribution in [0.15, 0.2) is 57.5 Å². The first-order chi connectivity index (χ1) is 15.3. The molecule has 0 bridgehead atoms. The van der Waals surface area contributed by atoms with Crippen molar-refractivity contribution in [2.24, 2.45) is 0 Å². The van der Waals surface area contributed by atoms with E-state index in [4.69, 9.17) is 18.4 Å². The fourth-order valence-corrected chi connectivity index (χ4v) is 3.89. The van der Waals surface area contributed by atoms with Crippen LogP contribution in [0.4, 0.5) is 0 Å². The average Bonchev–Trinajstić information content (AvgIpc) is 3.45. The third kappa shape index (κ3) is 4.54. The normalized spacial score (nSPS) is 17.1. The first kappa shape index (κ1) is 19.6. The zero-order valence-electron chi connectivity index (χ0n) is 17.4. The summed E-state index contributed by atoms with van der Waals surface area (Å²) < 4.78 is 22.3. The molecule has 0 amide bonds. The van der Waals surface area contributed by atoms with E-state index in [-0.39, 0.29) is 12.5 Å². The highest BCUT2D eigenvalue weighted by atomic mass is 16.5. The zero-order chi connectivity index (χ0) is 21.0. The van der Waals surface area contributed by atoms with Crippen LogP contribution in [-0.2, 0) is 13.2 Å². The summed E-state index contributed by atoms with van der Waals surface area (Å²) >= 11 is 0. The lowest BCUT2D eigenvalue weighted by Crippen LogP contribution is -2.34. The molecular formula is C23H24N4O4. The number of methoxy groups -OCH3 is 1. The highest BCUT2D eigenvalue weighted by molar-refractivity contribution is 5.72. The Kier molecular flexibility index (Phi) is 5.54. The maximum absolute atomic E-state index is 5.99. The molecule has 3 heterocycles. The maximum atomic E-state index is 5.99. The summed E-state index contributed by atoms with van der Waals surface area (Å²) in [6.07, 6.45) is 2.14. The van der Waals surface area contributed by atoms with Crippen LogP contribution < -0.4 is 9.47 Å². The molecular weight excluding hydrogens is 396 g/mol. The molecule has 1 saturated heterocycles. The van der Waals surface area contributed by atoms with E-state index in [1.807, 2.05) is 48.5 Å². The summed E-state index contributed by atoms with van der Waals surface area (Å²) in [5.41, 5.74) is 1.75. The fraction of sp³-hybridized carbons (Fsp3) is 0.348. The number of fused-ring (bicyclic) bond motifs is 1. The van der Waals surface area contributed by atoms with Gasteiger partial charge in [-0.2, -0.15) is 4.98 Å². The van der Waals surface area contributed by atoms with Crippen LogP contribution in [0.2, 0.25) is 0 Å². The van der Waals surface area contributed by atoms with Gasteiger partial charge in [-0.25, -0.2) is 4.98 Å². The number of oxazole rings is 1. The molecule has 0 radical (unpaired) electrons. The first-order valence-corrected chi connectivity index (χ1v) is 10.4. The van der Waals surface area contributed by atoms with Crippen LogP contribution >= 0.6 is 0 Å². The minimum atomic E-state index is 0.251. The summed E-state index contributed by atoms with van der Waals surface area (Å²) in [7, 11) is 1.63. The second-order valence-electron chi connectivity index (χ2n) is 7.66. The molecule has 1 atom stereocenters. The number of aromatic nitrogens is 3. The number of nitrogens with zero attached hydrogens (tertiary/aromatic N) is 4. The van der Waals surface area contributed by atoms with Gasteiger partial charge in [0, 0.05) is 12.5 Å². The summed E-state index contributed by atoms with van der Waals surface area (Å²) in [5.74, 6) is 3.70. The van der Waals surface area contributed by atoms with Crippen LogP contribution in [0.25, 0.3) is 11.1 Å². The van der Waals surface area contributed by atoms with Crippen LogP contribution in [-0.4, -0.2) is 40.2 Å². The number of rotatable bonds is 7. The van der Waals surface area contributed by atoms with Gasteiger partial charge >= 0.3 is 0 Å². The summed E-state index contributed by atoms with van der Waals surface area (Å²) in [4.78, 5) is 11.5. The van der Waals surface area contributed by atoms with Crippen molar-refractivity contribution >= 4 is 11.1 Å². The predicted molar refractivity (Wildman–Crippen MR) is 113 cm³/mol. The molecule has 1 aliphatic rings. The van der Waals surface area contributed by atoms with E-state index in [1.165, 1.54) is 0 Å². The molecule has 160 valence electrons. The van der Waals surface area contributed by atoms with E-state index in [0.717, 1.165) is 54.4 Å². The molecule has 8 nitrogen and oxygen atoms in total. The van der Waals surface area contributed by atoms with Crippen LogP contribution in [0, 0.1) is 0 Å². The minimum absolute atomic E-state index is 0.251. The molecule has 31 heavy (non-hydrogen) atoms. The predicted octanol–water partition coefficient (Wildman–Crippen LogP) is 4.18. The summed E-state index contributed by atoms with van der Waals surface area (Å²) in [5, 5.41) is 4.04. The molecule has 5 rings (SSSR count). The first-order valence-electron chi connectivity index (χ1n) is 10.4. The SMILES string of the molecule is COc1ccc(OCc2noc(CN3CCCC(c4nc5ccccc5o4)C3)n2)cc1. The second-order valence-corrected chi connectivity index (χ2v) is 7.66. The Morgan fingerprint density at radius 3 is 2.74 bits per heavy atom. The number of ether oxygens (including phenoxy) is 2. The number of benzene rings is 2. The Hall–Kier alpha value is -3.39. The van der Waals surface area contributed by atoms with Gasteiger partial charge in [-0.05, 0) is 55.8 Å². The van der Waals surface area contributed by atoms with Crippen molar-refractivity contribution in [2.75, 3.05) is 20.2 Å². The van der Waals surface area contributed by atoms with Crippen molar-refractivity contribution in [2.45, 2.75) is 31.9 Å². The number of para-hydroxylation sites is 2. The molecule has 2 aromatic carbocycles. The highest BCUT2D eigenvalue weighted by Crippen LogP contribution is 2.29. The Labute approximate surface area is 179 Å². The topological polar surface area (TPSA) is 86.7 Å². The molecule has 1 aliphatic heterocycles. The number of hydrogen-bond donors (Lipinski definition) is 0. The van der Waals surface area contributed by atoms with E-state index >= 15 is 0 Å². The monoisotopic (exact) mass is 420 g/mol. The molecule has 2 aromatic heterocycles. The van der Waals surface area contributed by atoms with Gasteiger partial charge in [-0.15, -0.1) is 0 Å². The quantitative estimate of drug-likeness (QED) is 0.440. The van der Waals surface area contributed by atoms with Crippen molar-refractivity contribution < 1.29 is 18.4 Å². The number of piperidine rings is 1. The van der Waals surface area contributed by atoms with Gasteiger partial charge in [0.05, 0.1) is 13.7 Å². The Bertz CT molecular complexity index is 1100. The Balaban J connectivity index is 1.17. The van der Waals surface area contributed by atoms with Crippen molar-refractivity contribution in [3.8, 4) is 11.5 Å². The molecule has 8 heteroatoms. The maximum Gasteiger partial charge on any atom is 0.240 e. The Morgan fingerprint density at radius 2 is 1.90 bits per heavy atom. The van der Waals surface area contributed by atoms with Gasteiger partial charge < -0.3 is 18.4 Å². The van der Waals surface area contributed by atoms with E-state index in [1.54, 1.807) is 7.11 Å². The smallest absolute Gasteiger partial charge is 0.240 e. The molecule has 0 saturated carbocycles. The largest absolute Gasteiger partial charge is 0.497 e. The average molecular weight is 420 g/mol. The molecule has 0 aliphatic carbocycles. The van der Waals surface area contributed by atoms with Gasteiger partial charge in [0.1, 0.15) is 17.0 Å². The molecule has 1 fully saturated rings. The van der Waals surface area contributed by atoms with E-state index in [9.17, 15) is 0 Å². The second kappa shape index (κ2) is 8.77. The molecule has 0 N–H and O–H groups in total. The lowest BCUT2D eigenvalue weighted by atomic mass is 9.98. The molecule has 1 unspecified atom stereocenters. The van der Waals surface area contributed by atoms with Crippen LogP contribution in [0.3, 0.4) is 0 Å². The van der Waals surface area contributed by atoms with Crippen LogP contribution in [0.5, 0.6) is 11.5 Å². The van der Waals surface area contributed by atoms with Gasteiger partial charge in [-0.3, -0.25) is 4.90 Å². The highest BCUT2D eigenvalue weighted by Gasteiger charge is 2.26. The lowest BCUT2D eigenvalue weighted by molar-refractivity contribution is 0.167. The molecule has 0 spiro atoms. The van der Waals surface area contributed by atoms with Crippen LogP contribution in [0.1, 0.15) is 36.4 Å². The van der Waals surface area contributed by atoms with Gasteiger partial charge in [-0.1, -0.05) is 17.3 Å². The number of hydrogen-bond acceptors (Lipinski definition) is 8. The standard InChI is InChI=1S/C23H24N4O4/c1-28-17-8-10-18(11-9-17)29-15-21-25-22(31-26-21)14-27-12-4-5-16(13-27)23-24-19-6-2-3-7-20(19)30-23/h2-3,6-11,16H,4-5,12-15H2,1H3. The molecule has 4 aromatic rings. The van der Waals surface area contributed by atoms with E-state index in [0.29, 0.717) is 18.3 Å². The van der Waals surface area contributed by atoms with Crippen molar-refractivity contribution in [1.29, 1.82) is 0 Å². The van der Waals surface area contributed by atoms with Gasteiger partial charge in [0.25, 0.3) is 0 Å². The van der Waals surface area contributed by atoms with Gasteiger partial charge in [0.2, 0.25) is 11.7 Å². The van der Waals surface area contributed by atoms with Crippen molar-refractivity contribution in [3.05, 3.63) is 66.1 Å². The Morgan fingerprint density at radius 1 is 1.06 bits per heavy atom. The summed E-state index contributed by atoms with van der Waals surface area (Å²) in [6, 6.07) is 15.3. The van der Waals surface area contributed by atoms with Gasteiger partial charge in [0.15, 0.2) is 18.1 Å². The third-order valence-electron chi connectivity index (χ3n) is 5.46. The lowest BCUT2D eigenvalue weighted by Gasteiger charge is -2.29. The minimum Gasteiger partial charge on any atom is -0.497 e.